The van der Waals surface area contributed by atoms with E-state index >= 15 is 0 Å². The summed E-state index contributed by atoms with van der Waals surface area (Å²) in [5, 5.41) is 10.3. The number of amides is 2. The summed E-state index contributed by atoms with van der Waals surface area (Å²) in [6.45, 7) is 0. The van der Waals surface area contributed by atoms with Crippen LogP contribution >= 0.6 is 22.7 Å². The lowest BCUT2D eigenvalue weighted by atomic mass is 9.77. The Kier molecular flexibility index (Phi) is 13.3. The summed E-state index contributed by atoms with van der Waals surface area (Å²) < 4.78 is 5.77. The molecule has 0 spiro atoms. The molecule has 2 aliphatic rings. The fraction of sp³-hybridized carbons (Fsp3) is 0.450. The van der Waals surface area contributed by atoms with Gasteiger partial charge < -0.3 is 21.1 Å². The van der Waals surface area contributed by atoms with E-state index in [-0.39, 0.29) is 41.8 Å². The number of anilines is 1. The van der Waals surface area contributed by atoms with Crippen molar-refractivity contribution in [3.63, 3.8) is 0 Å². The number of ether oxygens (including phenoxy) is 1. The van der Waals surface area contributed by atoms with Crippen LogP contribution in [0.3, 0.4) is 0 Å². The number of hydrogen-bond acceptors (Lipinski definition) is 8. The number of nitrogens with two attached hydrogens (primary N) is 1. The van der Waals surface area contributed by atoms with Gasteiger partial charge in [-0.3, -0.25) is 19.4 Å². The number of carbonyl (C=O) groups is 2. The highest BCUT2D eigenvalue weighted by Crippen LogP contribution is 2.44. The molecule has 2 saturated carbocycles. The Labute approximate surface area is 306 Å². The van der Waals surface area contributed by atoms with Crippen LogP contribution in [-0.4, -0.2) is 61.9 Å². The third kappa shape index (κ3) is 9.61. The third-order valence-corrected chi connectivity index (χ3v) is 12.5. The largest absolute Gasteiger partial charge is 0.457 e. The van der Waals surface area contributed by atoms with Gasteiger partial charge in [-0.1, -0.05) is 30.3 Å². The molecule has 8 nitrogen and oxygen atoms in total. The standard InChI is InChI=1S/C28H33N3O3S.C12H20N2S/c1-31(2)28(25-9-6-20-35-25)18-16-22(17-19-28)30-27(33)15-14-26(32)29-21-10-12-24(13-11-21)34-23-7-4-3-5-8-23;1-14(2)12(11-4-3-9-15-11)7-5-10(13)6-8-12/h3-13,20,22H,14-19H2,1-2H3,(H,29,32)(H,30,33);3-4,9-10H,5-8,13H2,1-2H3. The van der Waals surface area contributed by atoms with Gasteiger partial charge in [0, 0.05) is 40.4 Å². The zero-order valence-corrected chi connectivity index (χ0v) is 31.5. The second-order valence-electron chi connectivity index (χ2n) is 14.0. The highest BCUT2D eigenvalue weighted by Gasteiger charge is 2.40. The summed E-state index contributed by atoms with van der Waals surface area (Å²) in [5.74, 6) is 1.21. The summed E-state index contributed by atoms with van der Waals surface area (Å²) in [4.78, 5) is 32.4. The number of benzene rings is 2. The average molecular weight is 716 g/mol. The van der Waals surface area contributed by atoms with Crippen molar-refractivity contribution in [1.82, 2.24) is 15.1 Å². The minimum atomic E-state index is -0.176. The van der Waals surface area contributed by atoms with Gasteiger partial charge in [0.1, 0.15) is 11.5 Å². The Balaban J connectivity index is 0.000000269. The SMILES string of the molecule is CN(C)C1(c2cccs2)CCC(N)CC1.CN(C)C1(c2cccs2)CCC(NC(=O)CCC(=O)Nc2ccc(Oc3ccccc3)cc2)CC1. The number of thiophene rings is 2. The normalized spacial score (nSPS) is 23.5. The Morgan fingerprint density at radius 2 is 1.20 bits per heavy atom. The molecule has 0 atom stereocenters. The monoisotopic (exact) mass is 715 g/mol. The summed E-state index contributed by atoms with van der Waals surface area (Å²) in [6, 6.07) is 26.1. The Bertz CT molecular complexity index is 1590. The van der Waals surface area contributed by atoms with Crippen LogP contribution in [0.15, 0.2) is 89.6 Å². The molecule has 2 heterocycles. The van der Waals surface area contributed by atoms with Crippen molar-refractivity contribution in [3.8, 4) is 11.5 Å². The van der Waals surface area contributed by atoms with Gasteiger partial charge in [-0.05, 0) is 139 Å². The number of carbonyl (C=O) groups excluding carboxylic acids is 2. The second kappa shape index (κ2) is 17.6. The van der Waals surface area contributed by atoms with E-state index in [1.54, 1.807) is 23.5 Å². The van der Waals surface area contributed by atoms with Gasteiger partial charge in [0.05, 0.1) is 11.1 Å². The molecule has 2 fully saturated rings. The number of nitrogens with one attached hydrogen (secondary N) is 2. The molecule has 0 saturated heterocycles. The van der Waals surface area contributed by atoms with Crippen molar-refractivity contribution in [2.75, 3.05) is 33.5 Å². The van der Waals surface area contributed by atoms with Gasteiger partial charge in [-0.2, -0.15) is 0 Å². The molecule has 2 amide bonds. The molecule has 4 N–H and O–H groups in total. The average Bonchev–Trinajstić information content (AvgIpc) is 3.86. The minimum absolute atomic E-state index is 0.0525. The van der Waals surface area contributed by atoms with Gasteiger partial charge in [0.25, 0.3) is 0 Å². The predicted octanol–water partition coefficient (Wildman–Crippen LogP) is 8.18. The van der Waals surface area contributed by atoms with Crippen molar-refractivity contribution >= 4 is 40.2 Å². The first-order valence-corrected chi connectivity index (χ1v) is 19.5. The van der Waals surface area contributed by atoms with Crippen molar-refractivity contribution in [2.24, 2.45) is 5.73 Å². The van der Waals surface area contributed by atoms with Crippen LogP contribution in [0.2, 0.25) is 0 Å². The summed E-state index contributed by atoms with van der Waals surface area (Å²) in [6.07, 6.45) is 8.91. The number of para-hydroxylation sites is 1. The Morgan fingerprint density at radius 1 is 0.700 bits per heavy atom. The van der Waals surface area contributed by atoms with E-state index in [1.165, 1.54) is 22.6 Å². The molecule has 4 aromatic rings. The smallest absolute Gasteiger partial charge is 0.224 e. The highest BCUT2D eigenvalue weighted by molar-refractivity contribution is 7.10. The lowest BCUT2D eigenvalue weighted by Crippen LogP contribution is -2.48. The van der Waals surface area contributed by atoms with E-state index in [2.05, 4.69) is 83.6 Å². The highest BCUT2D eigenvalue weighted by atomic mass is 32.1. The van der Waals surface area contributed by atoms with Crippen molar-refractivity contribution in [1.29, 1.82) is 0 Å². The molecule has 6 rings (SSSR count). The van der Waals surface area contributed by atoms with Crippen LogP contribution in [0, 0.1) is 0 Å². The first-order valence-electron chi connectivity index (χ1n) is 17.7. The molecule has 50 heavy (non-hydrogen) atoms. The molecule has 0 aliphatic heterocycles. The lowest BCUT2D eigenvalue weighted by molar-refractivity contribution is -0.125. The molecule has 2 aliphatic carbocycles. The summed E-state index contributed by atoms with van der Waals surface area (Å²) in [5.41, 5.74) is 6.98. The molecule has 2 aromatic heterocycles. The van der Waals surface area contributed by atoms with Crippen LogP contribution in [-0.2, 0) is 20.7 Å². The fourth-order valence-electron chi connectivity index (χ4n) is 7.25. The molecule has 10 heteroatoms. The van der Waals surface area contributed by atoms with E-state index in [9.17, 15) is 9.59 Å². The van der Waals surface area contributed by atoms with E-state index in [0.29, 0.717) is 17.5 Å². The van der Waals surface area contributed by atoms with Crippen molar-refractivity contribution in [2.45, 2.75) is 87.4 Å². The van der Waals surface area contributed by atoms with Crippen LogP contribution in [0.5, 0.6) is 11.5 Å². The summed E-state index contributed by atoms with van der Waals surface area (Å²) >= 11 is 3.68. The van der Waals surface area contributed by atoms with Crippen molar-refractivity contribution in [3.05, 3.63) is 99.4 Å². The zero-order chi connectivity index (χ0) is 35.6. The second-order valence-corrected chi connectivity index (χ2v) is 15.9. The number of nitrogens with zero attached hydrogens (tertiary/aromatic N) is 2. The molecule has 2 aromatic carbocycles. The van der Waals surface area contributed by atoms with Gasteiger partial charge in [-0.15, -0.1) is 22.7 Å². The Hall–Kier alpha value is -3.54. The molecule has 0 radical (unpaired) electrons. The first kappa shape index (κ1) is 37.7. The molecule has 0 bridgehead atoms. The van der Waals surface area contributed by atoms with Gasteiger partial charge in [0.15, 0.2) is 0 Å². The lowest BCUT2D eigenvalue weighted by Gasteiger charge is -2.44. The van der Waals surface area contributed by atoms with Gasteiger partial charge in [0.2, 0.25) is 11.8 Å². The van der Waals surface area contributed by atoms with Crippen LogP contribution in [0.4, 0.5) is 5.69 Å². The quantitative estimate of drug-likeness (QED) is 0.145. The maximum atomic E-state index is 12.5. The van der Waals surface area contributed by atoms with Crippen LogP contribution in [0.25, 0.3) is 0 Å². The Morgan fingerprint density at radius 3 is 1.70 bits per heavy atom. The molecular formula is C40H53N5O3S2. The van der Waals surface area contributed by atoms with Crippen molar-refractivity contribution < 1.29 is 14.3 Å². The van der Waals surface area contributed by atoms with E-state index in [4.69, 9.17) is 10.5 Å². The molecule has 0 unspecified atom stereocenters. The minimum Gasteiger partial charge on any atom is -0.457 e. The maximum Gasteiger partial charge on any atom is 0.224 e. The topological polar surface area (TPSA) is 99.9 Å². The maximum absolute atomic E-state index is 12.5. The molecular weight excluding hydrogens is 663 g/mol. The van der Waals surface area contributed by atoms with E-state index in [0.717, 1.165) is 44.3 Å². The summed E-state index contributed by atoms with van der Waals surface area (Å²) in [7, 11) is 8.66. The predicted molar refractivity (Wildman–Crippen MR) is 207 cm³/mol. The first-order chi connectivity index (χ1) is 24.1. The third-order valence-electron chi connectivity index (χ3n) is 10.4. The van der Waals surface area contributed by atoms with Gasteiger partial charge in [-0.25, -0.2) is 0 Å². The van der Waals surface area contributed by atoms with Crippen LogP contribution < -0.4 is 21.1 Å². The number of hydrogen-bond donors (Lipinski definition) is 3. The van der Waals surface area contributed by atoms with Crippen LogP contribution in [0.1, 0.15) is 74.0 Å². The zero-order valence-electron chi connectivity index (χ0n) is 29.9. The van der Waals surface area contributed by atoms with Gasteiger partial charge >= 0.3 is 0 Å². The molecule has 268 valence electrons. The fourth-order valence-corrected chi connectivity index (χ4v) is 9.39. The van der Waals surface area contributed by atoms with E-state index in [1.807, 2.05) is 53.8 Å². The van der Waals surface area contributed by atoms with E-state index < -0.39 is 0 Å². The number of rotatable bonds is 11.